The fourth-order valence-electron chi connectivity index (χ4n) is 1.69. The molecule has 0 radical (unpaired) electrons. The van der Waals surface area contributed by atoms with E-state index in [4.69, 9.17) is 4.74 Å². The van der Waals surface area contributed by atoms with Gasteiger partial charge in [-0.2, -0.15) is 5.10 Å². The summed E-state index contributed by atoms with van der Waals surface area (Å²) in [6.45, 7) is 2.72. The molecule has 2 aromatic rings. The van der Waals surface area contributed by atoms with Gasteiger partial charge in [0, 0.05) is 5.56 Å². The number of hydrogen-bond acceptors (Lipinski definition) is 4. The van der Waals surface area contributed by atoms with E-state index in [9.17, 15) is 9.90 Å². The van der Waals surface area contributed by atoms with Crippen molar-refractivity contribution in [3.05, 3.63) is 36.0 Å². The van der Waals surface area contributed by atoms with Crippen LogP contribution < -0.4 is 9.84 Å². The molecule has 1 heterocycles. The van der Waals surface area contributed by atoms with E-state index in [1.807, 2.05) is 24.3 Å². The maximum absolute atomic E-state index is 10.7. The standard InChI is InChI=1S/C14H16N2O3/c1-2-3-8-19-13-7-5-4-6-10(13)11-9-12(14(17)18)16-15-11/h4-7,9H,2-3,8H2,1H3,(H,15,16)(H,17,18)/p-1. The highest BCUT2D eigenvalue weighted by Gasteiger charge is 2.09. The van der Waals surface area contributed by atoms with Crippen molar-refractivity contribution in [3.63, 3.8) is 0 Å². The number of rotatable bonds is 6. The molecule has 0 aliphatic rings. The first-order valence-electron chi connectivity index (χ1n) is 6.21. The zero-order valence-electron chi connectivity index (χ0n) is 10.7. The first kappa shape index (κ1) is 13.1. The Hall–Kier alpha value is -2.30. The largest absolute Gasteiger partial charge is 0.543 e. The molecule has 19 heavy (non-hydrogen) atoms. The summed E-state index contributed by atoms with van der Waals surface area (Å²) < 4.78 is 5.68. The highest BCUT2D eigenvalue weighted by molar-refractivity contribution is 5.85. The molecule has 100 valence electrons. The molecule has 0 atom stereocenters. The number of aromatic amines is 1. The number of hydrogen-bond donors (Lipinski definition) is 1. The molecule has 0 aliphatic heterocycles. The van der Waals surface area contributed by atoms with Crippen LogP contribution in [0.1, 0.15) is 30.3 Å². The minimum absolute atomic E-state index is 0.0432. The van der Waals surface area contributed by atoms with Gasteiger partial charge in [-0.15, -0.1) is 0 Å². The number of H-pyrrole nitrogens is 1. The Bertz CT molecular complexity index is 563. The van der Waals surface area contributed by atoms with E-state index in [0.29, 0.717) is 18.1 Å². The quantitative estimate of drug-likeness (QED) is 0.799. The van der Waals surface area contributed by atoms with Crippen molar-refractivity contribution in [2.75, 3.05) is 6.61 Å². The number of aromatic carboxylic acids is 1. The Morgan fingerprint density at radius 2 is 2.21 bits per heavy atom. The first-order chi connectivity index (χ1) is 9.22. The van der Waals surface area contributed by atoms with Crippen LogP contribution in [-0.4, -0.2) is 22.8 Å². The van der Waals surface area contributed by atoms with Gasteiger partial charge in [0.05, 0.1) is 24.0 Å². The summed E-state index contributed by atoms with van der Waals surface area (Å²) in [5.74, 6) is -0.574. The number of carboxylic acid groups (broad SMARTS) is 1. The Morgan fingerprint density at radius 1 is 1.42 bits per heavy atom. The summed E-state index contributed by atoms with van der Waals surface area (Å²) in [6.07, 6.45) is 2.03. The van der Waals surface area contributed by atoms with Crippen LogP contribution >= 0.6 is 0 Å². The zero-order chi connectivity index (χ0) is 13.7. The number of nitrogens with zero attached hydrogens (tertiary/aromatic N) is 1. The van der Waals surface area contributed by atoms with Gasteiger partial charge >= 0.3 is 0 Å². The van der Waals surface area contributed by atoms with Gasteiger partial charge in [0.15, 0.2) is 0 Å². The van der Waals surface area contributed by atoms with Crippen molar-refractivity contribution < 1.29 is 14.6 Å². The van der Waals surface area contributed by atoms with Crippen molar-refractivity contribution in [3.8, 4) is 17.0 Å². The van der Waals surface area contributed by atoms with Gasteiger partial charge in [0.2, 0.25) is 0 Å². The van der Waals surface area contributed by atoms with Crippen LogP contribution in [0.3, 0.4) is 0 Å². The van der Waals surface area contributed by atoms with Gasteiger partial charge in [0.25, 0.3) is 0 Å². The molecule has 0 unspecified atom stereocenters. The van der Waals surface area contributed by atoms with E-state index >= 15 is 0 Å². The molecule has 0 aliphatic carbocycles. The number of carboxylic acids is 1. The normalized spacial score (nSPS) is 10.4. The van der Waals surface area contributed by atoms with Crippen molar-refractivity contribution >= 4 is 5.97 Å². The van der Waals surface area contributed by atoms with Crippen LogP contribution in [0.5, 0.6) is 5.75 Å². The van der Waals surface area contributed by atoms with Crippen LogP contribution in [0, 0.1) is 0 Å². The summed E-state index contributed by atoms with van der Waals surface area (Å²) >= 11 is 0. The van der Waals surface area contributed by atoms with E-state index in [0.717, 1.165) is 18.4 Å². The number of unbranched alkanes of at least 4 members (excludes halogenated alkanes) is 1. The first-order valence-corrected chi connectivity index (χ1v) is 6.21. The van der Waals surface area contributed by atoms with Gasteiger partial charge < -0.3 is 14.6 Å². The van der Waals surface area contributed by atoms with E-state index < -0.39 is 5.97 Å². The van der Waals surface area contributed by atoms with Gasteiger partial charge in [-0.1, -0.05) is 25.5 Å². The van der Waals surface area contributed by atoms with Crippen LogP contribution in [0.4, 0.5) is 0 Å². The summed E-state index contributed by atoms with van der Waals surface area (Å²) in [6, 6.07) is 8.86. The SMILES string of the molecule is CCCCOc1ccccc1-c1cc(C(=O)[O-])[nH]n1. The number of benzene rings is 1. The molecular weight excluding hydrogens is 244 g/mol. The number of nitrogens with one attached hydrogen (secondary N) is 1. The molecular formula is C14H15N2O3-. The summed E-state index contributed by atoms with van der Waals surface area (Å²) in [5, 5.41) is 17.1. The molecule has 2 rings (SSSR count). The minimum Gasteiger partial charge on any atom is -0.543 e. The van der Waals surface area contributed by atoms with Crippen molar-refractivity contribution in [1.29, 1.82) is 0 Å². The average molecular weight is 259 g/mol. The lowest BCUT2D eigenvalue weighted by Crippen LogP contribution is -2.22. The predicted molar refractivity (Wildman–Crippen MR) is 68.8 cm³/mol. The lowest BCUT2D eigenvalue weighted by atomic mass is 10.1. The maximum atomic E-state index is 10.7. The topological polar surface area (TPSA) is 78.0 Å². The maximum Gasteiger partial charge on any atom is 0.128 e. The highest BCUT2D eigenvalue weighted by atomic mass is 16.5. The number of para-hydroxylation sites is 1. The fraction of sp³-hybridized carbons (Fsp3) is 0.286. The molecule has 1 aromatic carbocycles. The Morgan fingerprint density at radius 3 is 2.89 bits per heavy atom. The van der Waals surface area contributed by atoms with Crippen molar-refractivity contribution in [2.45, 2.75) is 19.8 Å². The number of carbonyl (C=O) groups excluding carboxylic acids is 1. The summed E-state index contributed by atoms with van der Waals surface area (Å²) in [4.78, 5) is 10.7. The number of carbonyl (C=O) groups is 1. The Labute approximate surface area is 111 Å². The molecule has 1 N–H and O–H groups in total. The molecule has 5 heteroatoms. The van der Waals surface area contributed by atoms with Crippen molar-refractivity contribution in [2.24, 2.45) is 0 Å². The van der Waals surface area contributed by atoms with Gasteiger partial charge in [-0.3, -0.25) is 5.10 Å². The molecule has 0 fully saturated rings. The van der Waals surface area contributed by atoms with Crippen molar-refractivity contribution in [1.82, 2.24) is 10.2 Å². The highest BCUT2D eigenvalue weighted by Crippen LogP contribution is 2.28. The van der Waals surface area contributed by atoms with Crippen LogP contribution in [-0.2, 0) is 0 Å². The summed E-state index contributed by atoms with van der Waals surface area (Å²) in [5.41, 5.74) is 1.26. The second-order valence-corrected chi connectivity index (χ2v) is 4.15. The fourth-order valence-corrected chi connectivity index (χ4v) is 1.69. The van der Waals surface area contributed by atoms with Gasteiger partial charge in [-0.25, -0.2) is 0 Å². The second-order valence-electron chi connectivity index (χ2n) is 4.15. The van der Waals surface area contributed by atoms with E-state index in [1.165, 1.54) is 6.07 Å². The zero-order valence-corrected chi connectivity index (χ0v) is 10.7. The molecule has 0 amide bonds. The molecule has 0 saturated carbocycles. The lowest BCUT2D eigenvalue weighted by molar-refractivity contribution is -0.255. The molecule has 1 aromatic heterocycles. The molecule has 0 bridgehead atoms. The van der Waals surface area contributed by atoms with Crippen LogP contribution in [0.25, 0.3) is 11.3 Å². The van der Waals surface area contributed by atoms with Gasteiger partial charge in [-0.05, 0) is 24.6 Å². The smallest absolute Gasteiger partial charge is 0.128 e. The third-order valence-electron chi connectivity index (χ3n) is 2.72. The minimum atomic E-state index is -1.27. The summed E-state index contributed by atoms with van der Waals surface area (Å²) in [7, 11) is 0. The van der Waals surface area contributed by atoms with E-state index in [1.54, 1.807) is 0 Å². The Kier molecular flexibility index (Phi) is 4.18. The molecule has 0 spiro atoms. The predicted octanol–water partition coefficient (Wildman–Crippen LogP) is 1.62. The third kappa shape index (κ3) is 3.13. The third-order valence-corrected chi connectivity index (χ3v) is 2.72. The lowest BCUT2D eigenvalue weighted by Gasteiger charge is -2.09. The van der Waals surface area contributed by atoms with Gasteiger partial charge in [0.1, 0.15) is 5.75 Å². The van der Waals surface area contributed by atoms with E-state index in [2.05, 4.69) is 17.1 Å². The van der Waals surface area contributed by atoms with Crippen LogP contribution in [0.15, 0.2) is 30.3 Å². The molecule has 5 nitrogen and oxygen atoms in total. The Balaban J connectivity index is 2.25. The average Bonchev–Trinajstić information content (AvgIpc) is 2.89. The second kappa shape index (κ2) is 6.04. The van der Waals surface area contributed by atoms with Crippen LogP contribution in [0.2, 0.25) is 0 Å². The molecule has 0 saturated heterocycles. The number of aromatic nitrogens is 2. The number of ether oxygens (including phenoxy) is 1. The monoisotopic (exact) mass is 259 g/mol. The van der Waals surface area contributed by atoms with E-state index in [-0.39, 0.29) is 5.69 Å².